The fraction of sp³-hybridized carbons (Fsp3) is 0.211. The predicted octanol–water partition coefficient (Wildman–Crippen LogP) is 2.74. The molecule has 22 heavy (non-hydrogen) atoms. The molecule has 0 saturated carbocycles. The zero-order valence-electron chi connectivity index (χ0n) is 12.6. The zero-order chi connectivity index (χ0) is 15.6. The molecule has 0 aliphatic rings. The summed E-state index contributed by atoms with van der Waals surface area (Å²) in [7, 11) is 0. The largest absolute Gasteiger partial charge is 0.481 e. The standard InChI is InChI=1S/C19H19NO2/c1-16-9-5-6-12-18(16)22-14-8-7-13-20-19(21)15-17-10-3-2-4-11-17/h2-6,9-12H,13-15H2,1H3,(H,20,21). The topological polar surface area (TPSA) is 38.3 Å². The van der Waals surface area contributed by atoms with E-state index in [1.165, 1.54) is 0 Å². The number of aryl methyl sites for hydroxylation is 1. The molecule has 1 amide bonds. The molecule has 2 aromatic carbocycles. The minimum absolute atomic E-state index is 0.0275. The van der Waals surface area contributed by atoms with Crippen molar-refractivity contribution in [3.05, 3.63) is 65.7 Å². The second-order valence-electron chi connectivity index (χ2n) is 4.85. The Hall–Kier alpha value is -2.73. The molecular formula is C19H19NO2. The van der Waals surface area contributed by atoms with Crippen LogP contribution in [0, 0.1) is 18.8 Å². The van der Waals surface area contributed by atoms with Crippen molar-refractivity contribution in [2.75, 3.05) is 13.2 Å². The van der Waals surface area contributed by atoms with Crippen molar-refractivity contribution in [1.82, 2.24) is 5.32 Å². The summed E-state index contributed by atoms with van der Waals surface area (Å²) in [6.45, 7) is 2.65. The molecule has 0 aliphatic carbocycles. The third kappa shape index (κ3) is 5.34. The summed E-state index contributed by atoms with van der Waals surface area (Å²) in [5.74, 6) is 6.59. The summed E-state index contributed by atoms with van der Waals surface area (Å²) < 4.78 is 5.55. The predicted molar refractivity (Wildman–Crippen MR) is 87.6 cm³/mol. The molecule has 0 aromatic heterocycles. The molecule has 112 valence electrons. The fourth-order valence-electron chi connectivity index (χ4n) is 1.93. The van der Waals surface area contributed by atoms with Crippen LogP contribution in [0.4, 0.5) is 0 Å². The Bertz CT molecular complexity index is 669. The fourth-order valence-corrected chi connectivity index (χ4v) is 1.93. The molecule has 0 bridgehead atoms. The minimum Gasteiger partial charge on any atom is -0.481 e. The maximum absolute atomic E-state index is 11.7. The number of ether oxygens (including phenoxy) is 1. The van der Waals surface area contributed by atoms with E-state index in [4.69, 9.17) is 4.74 Å². The number of amides is 1. The first-order valence-corrected chi connectivity index (χ1v) is 7.20. The van der Waals surface area contributed by atoms with E-state index in [-0.39, 0.29) is 5.91 Å². The lowest BCUT2D eigenvalue weighted by molar-refractivity contribution is -0.120. The van der Waals surface area contributed by atoms with Gasteiger partial charge in [0.25, 0.3) is 0 Å². The molecule has 0 aliphatic heterocycles. The Morgan fingerprint density at radius 3 is 2.55 bits per heavy atom. The van der Waals surface area contributed by atoms with E-state index < -0.39 is 0 Å². The monoisotopic (exact) mass is 293 g/mol. The summed E-state index contributed by atoms with van der Waals surface area (Å²) >= 11 is 0. The van der Waals surface area contributed by atoms with Crippen molar-refractivity contribution in [3.63, 3.8) is 0 Å². The average molecular weight is 293 g/mol. The minimum atomic E-state index is -0.0275. The lowest BCUT2D eigenvalue weighted by Gasteiger charge is -2.04. The Kier molecular flexibility index (Phi) is 6.07. The van der Waals surface area contributed by atoms with Crippen molar-refractivity contribution in [2.24, 2.45) is 0 Å². The average Bonchev–Trinajstić information content (AvgIpc) is 2.53. The Morgan fingerprint density at radius 2 is 1.77 bits per heavy atom. The van der Waals surface area contributed by atoms with Gasteiger partial charge in [-0.15, -0.1) is 0 Å². The van der Waals surface area contributed by atoms with Crippen LogP contribution in [-0.4, -0.2) is 19.1 Å². The van der Waals surface area contributed by atoms with Gasteiger partial charge in [-0.3, -0.25) is 4.79 Å². The van der Waals surface area contributed by atoms with Crippen LogP contribution in [0.25, 0.3) is 0 Å². The molecule has 0 fully saturated rings. The SMILES string of the molecule is Cc1ccccc1OCC#CCNC(=O)Cc1ccccc1. The van der Waals surface area contributed by atoms with E-state index in [1.54, 1.807) is 0 Å². The van der Waals surface area contributed by atoms with Gasteiger partial charge in [0.2, 0.25) is 5.91 Å². The molecular weight excluding hydrogens is 274 g/mol. The smallest absolute Gasteiger partial charge is 0.225 e. The maximum Gasteiger partial charge on any atom is 0.225 e. The molecule has 2 rings (SSSR count). The molecule has 2 aromatic rings. The summed E-state index contributed by atoms with van der Waals surface area (Å²) in [4.78, 5) is 11.7. The molecule has 3 heteroatoms. The first kappa shape index (κ1) is 15.7. The molecule has 0 unspecified atom stereocenters. The number of rotatable bonds is 5. The second-order valence-corrected chi connectivity index (χ2v) is 4.85. The van der Waals surface area contributed by atoms with Gasteiger partial charge in [0.1, 0.15) is 12.4 Å². The van der Waals surface area contributed by atoms with Gasteiger partial charge in [-0.2, -0.15) is 0 Å². The van der Waals surface area contributed by atoms with Crippen LogP contribution in [0.3, 0.4) is 0 Å². The van der Waals surface area contributed by atoms with Crippen molar-refractivity contribution in [1.29, 1.82) is 0 Å². The Balaban J connectivity index is 1.67. The maximum atomic E-state index is 11.7. The van der Waals surface area contributed by atoms with E-state index in [0.717, 1.165) is 16.9 Å². The summed E-state index contributed by atoms with van der Waals surface area (Å²) in [5, 5.41) is 2.77. The van der Waals surface area contributed by atoms with Crippen molar-refractivity contribution < 1.29 is 9.53 Å². The number of para-hydroxylation sites is 1. The van der Waals surface area contributed by atoms with E-state index in [9.17, 15) is 4.79 Å². The van der Waals surface area contributed by atoms with Gasteiger partial charge in [0, 0.05) is 0 Å². The van der Waals surface area contributed by atoms with Gasteiger partial charge in [0.05, 0.1) is 13.0 Å². The normalized spacial score (nSPS) is 9.50. The van der Waals surface area contributed by atoms with Crippen LogP contribution in [0.5, 0.6) is 5.75 Å². The van der Waals surface area contributed by atoms with Gasteiger partial charge in [-0.1, -0.05) is 60.4 Å². The van der Waals surface area contributed by atoms with Gasteiger partial charge < -0.3 is 10.1 Å². The summed E-state index contributed by atoms with van der Waals surface area (Å²) in [6.07, 6.45) is 0.377. The molecule has 0 spiro atoms. The van der Waals surface area contributed by atoms with E-state index in [0.29, 0.717) is 19.6 Å². The van der Waals surface area contributed by atoms with Crippen LogP contribution in [-0.2, 0) is 11.2 Å². The first-order chi connectivity index (χ1) is 10.8. The number of hydrogen-bond donors (Lipinski definition) is 1. The Labute approximate surface area is 131 Å². The lowest BCUT2D eigenvalue weighted by atomic mass is 10.1. The van der Waals surface area contributed by atoms with Gasteiger partial charge in [-0.05, 0) is 24.1 Å². The van der Waals surface area contributed by atoms with Crippen LogP contribution in [0.1, 0.15) is 11.1 Å². The van der Waals surface area contributed by atoms with E-state index >= 15 is 0 Å². The highest BCUT2D eigenvalue weighted by molar-refractivity contribution is 5.78. The summed E-state index contributed by atoms with van der Waals surface area (Å²) in [6, 6.07) is 17.4. The molecule has 3 nitrogen and oxygen atoms in total. The van der Waals surface area contributed by atoms with Gasteiger partial charge in [0.15, 0.2) is 0 Å². The number of nitrogens with one attached hydrogen (secondary N) is 1. The third-order valence-electron chi connectivity index (χ3n) is 3.10. The van der Waals surface area contributed by atoms with E-state index in [2.05, 4.69) is 17.2 Å². The van der Waals surface area contributed by atoms with Crippen molar-refractivity contribution in [3.8, 4) is 17.6 Å². The Morgan fingerprint density at radius 1 is 1.05 bits per heavy atom. The van der Waals surface area contributed by atoms with Gasteiger partial charge in [-0.25, -0.2) is 0 Å². The highest BCUT2D eigenvalue weighted by atomic mass is 16.5. The van der Waals surface area contributed by atoms with Crippen LogP contribution in [0.15, 0.2) is 54.6 Å². The molecule has 1 N–H and O–H groups in total. The summed E-state index contributed by atoms with van der Waals surface area (Å²) in [5.41, 5.74) is 2.08. The van der Waals surface area contributed by atoms with Crippen molar-refractivity contribution in [2.45, 2.75) is 13.3 Å². The highest BCUT2D eigenvalue weighted by Crippen LogP contribution is 2.15. The third-order valence-corrected chi connectivity index (χ3v) is 3.10. The number of carbonyl (C=O) groups is 1. The van der Waals surface area contributed by atoms with Crippen LogP contribution < -0.4 is 10.1 Å². The quantitative estimate of drug-likeness (QED) is 0.861. The number of hydrogen-bond acceptors (Lipinski definition) is 2. The number of carbonyl (C=O) groups excluding carboxylic acids is 1. The van der Waals surface area contributed by atoms with Crippen molar-refractivity contribution >= 4 is 5.91 Å². The molecule has 0 radical (unpaired) electrons. The van der Waals surface area contributed by atoms with Crippen LogP contribution in [0.2, 0.25) is 0 Å². The highest BCUT2D eigenvalue weighted by Gasteiger charge is 2.00. The van der Waals surface area contributed by atoms with Crippen LogP contribution >= 0.6 is 0 Å². The molecule has 0 heterocycles. The van der Waals surface area contributed by atoms with E-state index in [1.807, 2.05) is 61.5 Å². The second kappa shape index (κ2) is 8.53. The zero-order valence-corrected chi connectivity index (χ0v) is 12.6. The van der Waals surface area contributed by atoms with Gasteiger partial charge >= 0.3 is 0 Å². The number of benzene rings is 2. The molecule has 0 saturated heterocycles. The molecule has 0 atom stereocenters. The first-order valence-electron chi connectivity index (χ1n) is 7.20. The lowest BCUT2D eigenvalue weighted by Crippen LogP contribution is -2.25.